The number of piperazine rings is 1. The first-order chi connectivity index (χ1) is 27.1. The normalized spacial score (nSPS) is 14.2. The third kappa shape index (κ3) is 9.65. The Balaban J connectivity index is 1.03. The Bertz CT molecular complexity index is 2370. The lowest BCUT2D eigenvalue weighted by atomic mass is 10.0. The SMILES string of the molecule is CN(C)CC[C@H](CSc1ccccc1)Nc1ccc(S(=O)(=O)Nc2ncnc3cc(N4CCN(Cc5ccccc5-c5ccsc5)CC4)ccc23)cc1[N+](=O)[O-]. The van der Waals surface area contributed by atoms with Crippen LogP contribution in [0, 0.1) is 10.1 Å². The molecule has 15 heteroatoms. The maximum absolute atomic E-state index is 13.7. The molecule has 0 aliphatic carbocycles. The van der Waals surface area contributed by atoms with Gasteiger partial charge in [0.05, 0.1) is 15.3 Å². The predicted octanol–water partition coefficient (Wildman–Crippen LogP) is 7.91. The molecule has 7 rings (SSSR count). The summed E-state index contributed by atoms with van der Waals surface area (Å²) in [5.41, 5.74) is 5.37. The zero-order valence-electron chi connectivity index (χ0n) is 31.2. The van der Waals surface area contributed by atoms with Gasteiger partial charge in [0.2, 0.25) is 0 Å². The quantitative estimate of drug-likeness (QED) is 0.0561. The molecule has 3 heterocycles. The Morgan fingerprint density at radius 2 is 1.73 bits per heavy atom. The number of thiophene rings is 1. The maximum Gasteiger partial charge on any atom is 0.293 e. The van der Waals surface area contributed by atoms with Gasteiger partial charge in [0.25, 0.3) is 15.7 Å². The first-order valence-electron chi connectivity index (χ1n) is 18.4. The topological polar surface area (TPSA) is 137 Å². The molecule has 56 heavy (non-hydrogen) atoms. The molecule has 2 aromatic heterocycles. The lowest BCUT2D eigenvalue weighted by molar-refractivity contribution is -0.384. The van der Waals surface area contributed by atoms with Gasteiger partial charge in [-0.15, -0.1) is 11.8 Å². The van der Waals surface area contributed by atoms with E-state index in [1.807, 2.05) is 62.6 Å². The van der Waals surface area contributed by atoms with Crippen molar-refractivity contribution in [3.8, 4) is 11.1 Å². The van der Waals surface area contributed by atoms with E-state index in [0.717, 1.165) is 62.3 Å². The summed E-state index contributed by atoms with van der Waals surface area (Å²) in [5.74, 6) is 0.767. The van der Waals surface area contributed by atoms with Crippen LogP contribution in [0.5, 0.6) is 0 Å². The van der Waals surface area contributed by atoms with Crippen LogP contribution in [0.3, 0.4) is 0 Å². The first-order valence-corrected chi connectivity index (χ1v) is 21.8. The number of fused-ring (bicyclic) bond motifs is 1. The van der Waals surface area contributed by atoms with Crippen LogP contribution in [-0.4, -0.2) is 91.7 Å². The third-order valence-electron chi connectivity index (χ3n) is 9.79. The van der Waals surface area contributed by atoms with Crippen molar-refractivity contribution in [3.05, 3.63) is 130 Å². The standard InChI is InChI=1S/C41H44N8O4S3/c1-46(2)18-16-32(28-55-34-9-4-3-5-10-34)44-38-15-13-35(25-40(38)49(50)51)56(52,53)45-41-37-14-12-33(24-39(37)42-29-43-41)48-21-19-47(20-22-48)26-30-8-6-7-11-36(30)31-17-23-54-27-31/h3-15,17,23-25,27,29,32,44H,16,18-22,26,28H2,1-2H3,(H,42,43,45)/t32-/m1/s1. The van der Waals surface area contributed by atoms with Crippen LogP contribution < -0.4 is 14.9 Å². The number of hydrogen-bond donors (Lipinski definition) is 2. The van der Waals surface area contributed by atoms with Crippen LogP contribution in [0.2, 0.25) is 0 Å². The minimum absolute atomic E-state index is 0.0993. The molecular weight excluding hydrogens is 765 g/mol. The number of anilines is 3. The summed E-state index contributed by atoms with van der Waals surface area (Å²) < 4.78 is 30.0. The molecule has 12 nitrogen and oxygen atoms in total. The van der Waals surface area contributed by atoms with Gasteiger partial charge in [0, 0.05) is 66.6 Å². The number of nitro groups is 1. The highest BCUT2D eigenvalue weighted by molar-refractivity contribution is 7.99. The summed E-state index contributed by atoms with van der Waals surface area (Å²) in [6.45, 7) is 5.12. The van der Waals surface area contributed by atoms with Gasteiger partial charge in [0.1, 0.15) is 12.0 Å². The van der Waals surface area contributed by atoms with Crippen molar-refractivity contribution in [3.63, 3.8) is 0 Å². The predicted molar refractivity (Wildman–Crippen MR) is 228 cm³/mol. The van der Waals surface area contributed by atoms with Crippen molar-refractivity contribution in [2.45, 2.75) is 28.8 Å². The van der Waals surface area contributed by atoms with Gasteiger partial charge in [-0.2, -0.15) is 11.3 Å². The van der Waals surface area contributed by atoms with Gasteiger partial charge in [-0.05, 0) is 103 Å². The van der Waals surface area contributed by atoms with Crippen LogP contribution in [0.1, 0.15) is 12.0 Å². The number of benzene rings is 4. The fraction of sp³-hybridized carbons (Fsp3) is 0.268. The zero-order valence-corrected chi connectivity index (χ0v) is 33.7. The molecule has 0 saturated carbocycles. The molecular formula is C41H44N8O4S3. The van der Waals surface area contributed by atoms with Crippen molar-refractivity contribution >= 4 is 66.9 Å². The zero-order chi connectivity index (χ0) is 39.1. The van der Waals surface area contributed by atoms with Crippen LogP contribution in [0.15, 0.2) is 124 Å². The molecule has 1 fully saturated rings. The van der Waals surface area contributed by atoms with Crippen molar-refractivity contribution in [1.29, 1.82) is 0 Å². The molecule has 0 radical (unpaired) electrons. The molecule has 6 aromatic rings. The highest BCUT2D eigenvalue weighted by Crippen LogP contribution is 2.33. The first kappa shape index (κ1) is 39.2. The monoisotopic (exact) mass is 808 g/mol. The number of thioether (sulfide) groups is 1. The highest BCUT2D eigenvalue weighted by Gasteiger charge is 2.25. The Hall–Kier alpha value is -5.06. The van der Waals surface area contributed by atoms with E-state index in [0.29, 0.717) is 16.7 Å². The maximum atomic E-state index is 13.7. The van der Waals surface area contributed by atoms with Crippen molar-refractivity contribution < 1.29 is 13.3 Å². The second kappa shape index (κ2) is 17.8. The second-order valence-electron chi connectivity index (χ2n) is 14.0. The lowest BCUT2D eigenvalue weighted by Crippen LogP contribution is -2.46. The van der Waals surface area contributed by atoms with Gasteiger partial charge in [-0.25, -0.2) is 18.4 Å². The summed E-state index contributed by atoms with van der Waals surface area (Å²) in [5, 5.41) is 20.4. The number of hydrogen-bond acceptors (Lipinski definition) is 12. The van der Waals surface area contributed by atoms with E-state index in [1.54, 1.807) is 23.1 Å². The molecule has 0 unspecified atom stereocenters. The van der Waals surface area contributed by atoms with Crippen LogP contribution in [0.4, 0.5) is 22.9 Å². The largest absolute Gasteiger partial charge is 0.376 e. The third-order valence-corrected chi connectivity index (χ3v) is 13.0. The Morgan fingerprint density at radius 3 is 2.48 bits per heavy atom. The molecule has 290 valence electrons. The summed E-state index contributed by atoms with van der Waals surface area (Å²) in [7, 11) is -0.295. The van der Waals surface area contributed by atoms with Crippen molar-refractivity contribution in [1.82, 2.24) is 19.8 Å². The minimum atomic E-state index is -4.25. The van der Waals surface area contributed by atoms with E-state index in [9.17, 15) is 18.5 Å². The van der Waals surface area contributed by atoms with Crippen molar-refractivity contribution in [2.24, 2.45) is 0 Å². The van der Waals surface area contributed by atoms with Gasteiger partial charge in [-0.3, -0.25) is 19.7 Å². The molecule has 1 atom stereocenters. The van der Waals surface area contributed by atoms with Gasteiger partial charge < -0.3 is 15.1 Å². The Morgan fingerprint density at radius 1 is 0.946 bits per heavy atom. The van der Waals surface area contributed by atoms with E-state index in [2.05, 4.69) is 75.8 Å². The number of aromatic nitrogens is 2. The molecule has 0 spiro atoms. The lowest BCUT2D eigenvalue weighted by Gasteiger charge is -2.36. The fourth-order valence-electron chi connectivity index (χ4n) is 6.77. The smallest absolute Gasteiger partial charge is 0.293 e. The van der Waals surface area contributed by atoms with Gasteiger partial charge in [0.15, 0.2) is 5.82 Å². The van der Waals surface area contributed by atoms with E-state index < -0.39 is 14.9 Å². The number of nitrogens with one attached hydrogen (secondary N) is 2. The summed E-state index contributed by atoms with van der Waals surface area (Å²) in [6, 6.07) is 30.3. The number of rotatable bonds is 16. The molecule has 4 aromatic carbocycles. The molecule has 0 bridgehead atoms. The molecule has 1 saturated heterocycles. The molecule has 0 amide bonds. The van der Waals surface area contributed by atoms with E-state index in [-0.39, 0.29) is 28.1 Å². The molecule has 2 N–H and O–H groups in total. The number of nitrogens with zero attached hydrogens (tertiary/aromatic N) is 6. The summed E-state index contributed by atoms with van der Waals surface area (Å²) in [4.78, 5) is 28.2. The van der Waals surface area contributed by atoms with Crippen LogP contribution in [0.25, 0.3) is 22.0 Å². The summed E-state index contributed by atoms with van der Waals surface area (Å²) >= 11 is 3.37. The van der Waals surface area contributed by atoms with E-state index in [1.165, 1.54) is 35.2 Å². The number of nitro benzene ring substituents is 1. The molecule has 1 aliphatic heterocycles. The summed E-state index contributed by atoms with van der Waals surface area (Å²) in [6.07, 6.45) is 2.05. The second-order valence-corrected chi connectivity index (χ2v) is 17.5. The Kier molecular flexibility index (Phi) is 12.5. The average molecular weight is 809 g/mol. The van der Waals surface area contributed by atoms with E-state index >= 15 is 0 Å². The highest BCUT2D eigenvalue weighted by atomic mass is 32.2. The van der Waals surface area contributed by atoms with Gasteiger partial charge >= 0.3 is 0 Å². The fourth-order valence-corrected chi connectivity index (χ4v) is 9.47. The van der Waals surface area contributed by atoms with Crippen LogP contribution >= 0.6 is 23.1 Å². The Labute approximate surface area is 335 Å². The van der Waals surface area contributed by atoms with Crippen molar-refractivity contribution in [2.75, 3.05) is 67.5 Å². The average Bonchev–Trinajstić information content (AvgIpc) is 3.75. The van der Waals surface area contributed by atoms with Crippen LogP contribution in [-0.2, 0) is 16.6 Å². The van der Waals surface area contributed by atoms with Gasteiger partial charge in [-0.1, -0.05) is 42.5 Å². The minimum Gasteiger partial charge on any atom is -0.376 e. The van der Waals surface area contributed by atoms with E-state index in [4.69, 9.17) is 0 Å². The number of sulfonamides is 1. The molecule has 1 aliphatic rings.